The van der Waals surface area contributed by atoms with Crippen LogP contribution in [0.1, 0.15) is 13.3 Å². The van der Waals surface area contributed by atoms with E-state index in [1.54, 1.807) is 6.07 Å². The molecule has 0 atom stereocenters. The summed E-state index contributed by atoms with van der Waals surface area (Å²) >= 11 is 0. The first kappa shape index (κ1) is 14.5. The average molecular weight is 312 g/mol. The normalized spacial score (nSPS) is 16.5. The maximum atomic E-state index is 13.6. The Labute approximate surface area is 135 Å². The smallest absolute Gasteiger partial charge is 0.153 e. The number of aromatic nitrogens is 2. The molecule has 0 bridgehead atoms. The van der Waals surface area contributed by atoms with Gasteiger partial charge in [-0.05, 0) is 37.2 Å². The van der Waals surface area contributed by atoms with Gasteiger partial charge in [0.05, 0.1) is 16.6 Å². The van der Waals surface area contributed by atoms with E-state index in [0.717, 1.165) is 49.6 Å². The van der Waals surface area contributed by atoms with Crippen molar-refractivity contribution in [3.05, 3.63) is 42.3 Å². The highest BCUT2D eigenvalue weighted by Crippen LogP contribution is 2.26. The number of hydrogen-bond acceptors (Lipinski definition) is 3. The number of nitrogens with zero attached hydrogens (tertiary/aromatic N) is 4. The Morgan fingerprint density at radius 3 is 2.70 bits per heavy atom. The fourth-order valence-electron chi connectivity index (χ4n) is 3.47. The third-order valence-corrected chi connectivity index (χ3v) is 4.61. The summed E-state index contributed by atoms with van der Waals surface area (Å²) in [6, 6.07) is 8.92. The monoisotopic (exact) mass is 312 g/mol. The summed E-state index contributed by atoms with van der Waals surface area (Å²) in [4.78, 5) is 9.60. The predicted molar refractivity (Wildman–Crippen MR) is 91.6 cm³/mol. The maximum Gasteiger partial charge on any atom is 0.153 e. The Hall–Kier alpha value is -2.14. The largest absolute Gasteiger partial charge is 0.352 e. The van der Waals surface area contributed by atoms with Crippen LogP contribution in [0.3, 0.4) is 0 Å². The van der Waals surface area contributed by atoms with Crippen molar-refractivity contribution in [2.75, 3.05) is 37.6 Å². The highest BCUT2D eigenvalue weighted by atomic mass is 19.1. The minimum absolute atomic E-state index is 0.241. The molecule has 0 aliphatic carbocycles. The van der Waals surface area contributed by atoms with Crippen LogP contribution in [-0.2, 0) is 0 Å². The van der Waals surface area contributed by atoms with Crippen LogP contribution >= 0.6 is 0 Å². The molecular formula is C18H21FN4. The van der Waals surface area contributed by atoms with Crippen molar-refractivity contribution in [3.63, 3.8) is 0 Å². The third-order valence-electron chi connectivity index (χ3n) is 4.61. The minimum atomic E-state index is -0.241. The molecule has 1 saturated heterocycles. The van der Waals surface area contributed by atoms with Gasteiger partial charge in [-0.25, -0.2) is 9.37 Å². The Morgan fingerprint density at radius 2 is 1.91 bits per heavy atom. The SMILES string of the molecule is CCCN1CCN(c2nc3cc(F)ccc3n3cccc23)CC1. The zero-order valence-corrected chi connectivity index (χ0v) is 13.4. The van der Waals surface area contributed by atoms with Crippen LogP contribution in [0, 0.1) is 5.82 Å². The topological polar surface area (TPSA) is 23.8 Å². The van der Waals surface area contributed by atoms with Crippen LogP contribution in [0.25, 0.3) is 16.6 Å². The first-order valence-electron chi connectivity index (χ1n) is 8.30. The molecule has 1 aliphatic heterocycles. The molecule has 5 heteroatoms. The average Bonchev–Trinajstić information content (AvgIpc) is 3.04. The second-order valence-corrected chi connectivity index (χ2v) is 6.16. The van der Waals surface area contributed by atoms with E-state index in [-0.39, 0.29) is 5.82 Å². The van der Waals surface area contributed by atoms with Crippen molar-refractivity contribution < 1.29 is 4.39 Å². The van der Waals surface area contributed by atoms with Crippen molar-refractivity contribution in [1.82, 2.24) is 14.3 Å². The van der Waals surface area contributed by atoms with E-state index in [0.29, 0.717) is 5.52 Å². The third kappa shape index (κ3) is 2.55. The summed E-state index contributed by atoms with van der Waals surface area (Å²) in [5, 5.41) is 0. The predicted octanol–water partition coefficient (Wildman–Crippen LogP) is 3.16. The summed E-state index contributed by atoms with van der Waals surface area (Å²) in [6.45, 7) is 7.43. The number of hydrogen-bond donors (Lipinski definition) is 0. The fourth-order valence-corrected chi connectivity index (χ4v) is 3.47. The number of rotatable bonds is 3. The summed E-state index contributed by atoms with van der Waals surface area (Å²) in [7, 11) is 0. The molecule has 0 amide bonds. The van der Waals surface area contributed by atoms with Gasteiger partial charge >= 0.3 is 0 Å². The van der Waals surface area contributed by atoms with Crippen LogP contribution in [-0.4, -0.2) is 47.0 Å². The van der Waals surface area contributed by atoms with Crippen LogP contribution < -0.4 is 4.90 Å². The van der Waals surface area contributed by atoms with Gasteiger partial charge in [-0.15, -0.1) is 0 Å². The van der Waals surface area contributed by atoms with E-state index < -0.39 is 0 Å². The van der Waals surface area contributed by atoms with Crippen molar-refractivity contribution in [2.24, 2.45) is 0 Å². The molecule has 4 nitrogen and oxygen atoms in total. The number of fused-ring (bicyclic) bond motifs is 3. The van der Waals surface area contributed by atoms with Crippen LogP contribution in [0.4, 0.5) is 10.2 Å². The quantitative estimate of drug-likeness (QED) is 0.742. The van der Waals surface area contributed by atoms with Crippen molar-refractivity contribution >= 4 is 22.4 Å². The number of benzene rings is 1. The van der Waals surface area contributed by atoms with Gasteiger partial charge in [-0.3, -0.25) is 4.90 Å². The van der Waals surface area contributed by atoms with E-state index in [4.69, 9.17) is 4.98 Å². The Kier molecular flexibility index (Phi) is 3.65. The molecule has 1 aliphatic rings. The number of anilines is 1. The summed E-state index contributed by atoms with van der Waals surface area (Å²) in [5.74, 6) is 0.722. The van der Waals surface area contributed by atoms with E-state index in [1.165, 1.54) is 18.6 Å². The van der Waals surface area contributed by atoms with Gasteiger partial charge in [0.15, 0.2) is 5.82 Å². The lowest BCUT2D eigenvalue weighted by Crippen LogP contribution is -2.47. The molecule has 4 rings (SSSR count). The van der Waals surface area contributed by atoms with Gasteiger partial charge in [0.2, 0.25) is 0 Å². The lowest BCUT2D eigenvalue weighted by Gasteiger charge is -2.35. The van der Waals surface area contributed by atoms with Crippen LogP contribution in [0.5, 0.6) is 0 Å². The Balaban J connectivity index is 1.75. The zero-order valence-electron chi connectivity index (χ0n) is 13.4. The highest BCUT2D eigenvalue weighted by Gasteiger charge is 2.20. The minimum Gasteiger partial charge on any atom is -0.352 e. The molecular weight excluding hydrogens is 291 g/mol. The molecule has 2 aromatic heterocycles. The second-order valence-electron chi connectivity index (χ2n) is 6.16. The van der Waals surface area contributed by atoms with E-state index in [1.807, 2.05) is 12.3 Å². The molecule has 1 aromatic carbocycles. The van der Waals surface area contributed by atoms with Gasteiger partial charge in [-0.1, -0.05) is 6.92 Å². The number of halogens is 1. The molecule has 1 fully saturated rings. The molecule has 0 N–H and O–H groups in total. The van der Waals surface area contributed by atoms with Crippen molar-refractivity contribution in [3.8, 4) is 0 Å². The Morgan fingerprint density at radius 1 is 1.09 bits per heavy atom. The summed E-state index contributed by atoms with van der Waals surface area (Å²) in [5.41, 5.74) is 2.74. The van der Waals surface area contributed by atoms with E-state index >= 15 is 0 Å². The van der Waals surface area contributed by atoms with Gasteiger partial charge in [-0.2, -0.15) is 0 Å². The van der Waals surface area contributed by atoms with Crippen molar-refractivity contribution in [2.45, 2.75) is 13.3 Å². The number of piperazine rings is 1. The molecule has 0 spiro atoms. The Bertz CT molecular complexity index is 834. The van der Waals surface area contributed by atoms with Gasteiger partial charge in [0.1, 0.15) is 5.82 Å². The lowest BCUT2D eigenvalue weighted by atomic mass is 10.2. The molecule has 23 heavy (non-hydrogen) atoms. The molecule has 3 aromatic rings. The molecule has 0 unspecified atom stereocenters. The second kappa shape index (κ2) is 5.81. The first-order chi connectivity index (χ1) is 11.3. The molecule has 0 radical (unpaired) electrons. The molecule has 3 heterocycles. The van der Waals surface area contributed by atoms with E-state index in [9.17, 15) is 4.39 Å². The molecule has 120 valence electrons. The van der Waals surface area contributed by atoms with Crippen LogP contribution in [0.15, 0.2) is 36.5 Å². The van der Waals surface area contributed by atoms with Crippen molar-refractivity contribution in [1.29, 1.82) is 0 Å². The lowest BCUT2D eigenvalue weighted by molar-refractivity contribution is 0.258. The van der Waals surface area contributed by atoms with Gasteiger partial charge in [0, 0.05) is 38.4 Å². The molecule has 0 saturated carbocycles. The van der Waals surface area contributed by atoms with E-state index in [2.05, 4.69) is 27.2 Å². The van der Waals surface area contributed by atoms with Gasteiger partial charge < -0.3 is 9.30 Å². The summed E-state index contributed by atoms with van der Waals surface area (Å²) < 4.78 is 15.7. The first-order valence-corrected chi connectivity index (χ1v) is 8.30. The standard InChI is InChI=1S/C18H21FN4/c1-2-7-21-9-11-22(12-10-21)18-17-4-3-8-23(17)16-6-5-14(19)13-15(16)20-18/h3-6,8,13H,2,7,9-12H2,1H3. The zero-order chi connectivity index (χ0) is 15.8. The van der Waals surface area contributed by atoms with Gasteiger partial charge in [0.25, 0.3) is 0 Å². The maximum absolute atomic E-state index is 13.6. The fraction of sp³-hybridized carbons (Fsp3) is 0.389. The summed E-state index contributed by atoms with van der Waals surface area (Å²) in [6.07, 6.45) is 3.21. The highest BCUT2D eigenvalue weighted by molar-refractivity contribution is 5.85. The van der Waals surface area contributed by atoms with Crippen LogP contribution in [0.2, 0.25) is 0 Å².